The summed E-state index contributed by atoms with van der Waals surface area (Å²) in [5.41, 5.74) is 5.00. The second-order valence-corrected chi connectivity index (χ2v) is 9.14. The molecule has 0 unspecified atom stereocenters. The van der Waals surface area contributed by atoms with Crippen molar-refractivity contribution in [2.45, 2.75) is 13.8 Å². The summed E-state index contributed by atoms with van der Waals surface area (Å²) in [6, 6.07) is 25.3. The van der Waals surface area contributed by atoms with Gasteiger partial charge >= 0.3 is 0 Å². The number of fused-ring (bicyclic) bond motifs is 1. The van der Waals surface area contributed by atoms with Gasteiger partial charge in [0.25, 0.3) is 5.91 Å². The second-order valence-electron chi connectivity index (χ2n) is 8.29. The fourth-order valence-electron chi connectivity index (χ4n) is 3.94. The number of nitriles is 1. The first-order chi connectivity index (χ1) is 17.4. The number of nitrogens with zero attached hydrogens (tertiary/aromatic N) is 1. The molecule has 0 aromatic heterocycles. The molecule has 1 N–H and O–H groups in total. The summed E-state index contributed by atoms with van der Waals surface area (Å²) in [4.78, 5) is 12.5. The SMILES string of the molecule is COc1cc(/C=C(/C#N)c2cccc3ccccc23)ccc1OCC(=O)Nc1ccc(Br)c(C)c1C. The van der Waals surface area contributed by atoms with Crippen molar-refractivity contribution in [3.05, 3.63) is 99.5 Å². The van der Waals surface area contributed by atoms with E-state index in [1.165, 1.54) is 0 Å². The van der Waals surface area contributed by atoms with Crippen molar-refractivity contribution >= 4 is 49.9 Å². The fraction of sp³-hybridized carbons (Fsp3) is 0.133. The van der Waals surface area contributed by atoms with Gasteiger partial charge in [0.15, 0.2) is 18.1 Å². The molecule has 0 aliphatic rings. The Morgan fingerprint density at radius 2 is 1.78 bits per heavy atom. The molecule has 0 saturated carbocycles. The van der Waals surface area contributed by atoms with Crippen LogP contribution >= 0.6 is 15.9 Å². The van der Waals surface area contributed by atoms with Crippen molar-refractivity contribution in [3.8, 4) is 17.6 Å². The number of hydrogen-bond donors (Lipinski definition) is 1. The van der Waals surface area contributed by atoms with Crippen molar-refractivity contribution < 1.29 is 14.3 Å². The maximum Gasteiger partial charge on any atom is 0.262 e. The number of benzene rings is 4. The van der Waals surface area contributed by atoms with E-state index in [1.54, 1.807) is 19.2 Å². The van der Waals surface area contributed by atoms with Crippen LogP contribution in [0.5, 0.6) is 11.5 Å². The number of nitrogens with one attached hydrogen (secondary N) is 1. The number of amides is 1. The molecule has 0 heterocycles. The number of ether oxygens (including phenoxy) is 2. The number of carbonyl (C=O) groups is 1. The summed E-state index contributed by atoms with van der Waals surface area (Å²) in [7, 11) is 1.54. The van der Waals surface area contributed by atoms with E-state index in [4.69, 9.17) is 9.47 Å². The Kier molecular flexibility index (Phi) is 7.72. The highest BCUT2D eigenvalue weighted by Crippen LogP contribution is 2.32. The van der Waals surface area contributed by atoms with Crippen molar-refractivity contribution in [2.24, 2.45) is 0 Å². The minimum Gasteiger partial charge on any atom is -0.493 e. The number of rotatable bonds is 7. The van der Waals surface area contributed by atoms with E-state index < -0.39 is 0 Å². The molecule has 0 radical (unpaired) electrons. The van der Waals surface area contributed by atoms with Crippen molar-refractivity contribution in [3.63, 3.8) is 0 Å². The van der Waals surface area contributed by atoms with Crippen LogP contribution in [-0.2, 0) is 4.79 Å². The normalized spacial score (nSPS) is 11.1. The molecule has 0 fully saturated rings. The molecule has 5 nitrogen and oxygen atoms in total. The molecule has 0 spiro atoms. The third-order valence-electron chi connectivity index (χ3n) is 6.05. The van der Waals surface area contributed by atoms with Gasteiger partial charge in [0, 0.05) is 15.7 Å². The summed E-state index contributed by atoms with van der Waals surface area (Å²) in [5.74, 6) is 0.646. The average Bonchev–Trinajstić information content (AvgIpc) is 2.91. The van der Waals surface area contributed by atoms with Crippen LogP contribution in [0.1, 0.15) is 22.3 Å². The smallest absolute Gasteiger partial charge is 0.262 e. The zero-order valence-corrected chi connectivity index (χ0v) is 21.8. The predicted octanol–water partition coefficient (Wildman–Crippen LogP) is 7.31. The molecular weight excluding hydrogens is 516 g/mol. The lowest BCUT2D eigenvalue weighted by Crippen LogP contribution is -2.21. The molecule has 4 aromatic carbocycles. The van der Waals surface area contributed by atoms with Crippen LogP contribution in [0.3, 0.4) is 0 Å². The van der Waals surface area contributed by atoms with Crippen LogP contribution in [0, 0.1) is 25.2 Å². The Morgan fingerprint density at radius 1 is 1.00 bits per heavy atom. The van der Waals surface area contributed by atoms with Crippen LogP contribution in [0.4, 0.5) is 5.69 Å². The maximum absolute atomic E-state index is 12.5. The van der Waals surface area contributed by atoms with Gasteiger partial charge in [-0.05, 0) is 71.7 Å². The lowest BCUT2D eigenvalue weighted by Gasteiger charge is -2.14. The first kappa shape index (κ1) is 25.0. The van der Waals surface area contributed by atoms with Gasteiger partial charge in [-0.1, -0.05) is 64.5 Å². The molecule has 4 rings (SSSR count). The highest BCUT2D eigenvalue weighted by atomic mass is 79.9. The van der Waals surface area contributed by atoms with Crippen LogP contribution in [0.15, 0.2) is 77.3 Å². The molecular formula is C30H25BrN2O3. The number of methoxy groups -OCH3 is 1. The summed E-state index contributed by atoms with van der Waals surface area (Å²) in [6.07, 6.45) is 1.82. The standard InChI is InChI=1S/C30H25BrN2O3/c1-19-20(2)27(13-12-26(19)31)33-30(34)18-36-28-14-11-21(16-29(28)35-3)15-23(17-32)25-10-6-8-22-7-4-5-9-24(22)25/h4-16H,18H2,1-3H3,(H,33,34)/b23-15-. The largest absolute Gasteiger partial charge is 0.493 e. The summed E-state index contributed by atoms with van der Waals surface area (Å²) in [5, 5.41) is 14.9. The third-order valence-corrected chi connectivity index (χ3v) is 6.91. The Balaban J connectivity index is 1.52. The zero-order chi connectivity index (χ0) is 25.7. The van der Waals surface area contributed by atoms with Gasteiger partial charge in [-0.2, -0.15) is 5.26 Å². The average molecular weight is 541 g/mol. The molecule has 1 amide bonds. The molecule has 0 aliphatic carbocycles. The van der Waals surface area contributed by atoms with E-state index in [0.29, 0.717) is 17.1 Å². The molecule has 180 valence electrons. The van der Waals surface area contributed by atoms with Gasteiger partial charge in [0.2, 0.25) is 0 Å². The van der Waals surface area contributed by atoms with E-state index in [1.807, 2.05) is 80.6 Å². The van der Waals surface area contributed by atoms with Crippen LogP contribution in [0.2, 0.25) is 0 Å². The Hall–Kier alpha value is -4.08. The van der Waals surface area contributed by atoms with Crippen LogP contribution in [-0.4, -0.2) is 19.6 Å². The molecule has 6 heteroatoms. The van der Waals surface area contributed by atoms with Gasteiger partial charge < -0.3 is 14.8 Å². The molecule has 0 aliphatic heterocycles. The number of anilines is 1. The molecule has 0 atom stereocenters. The maximum atomic E-state index is 12.5. The highest BCUT2D eigenvalue weighted by molar-refractivity contribution is 9.10. The molecule has 0 saturated heterocycles. The van der Waals surface area contributed by atoms with E-state index >= 15 is 0 Å². The van der Waals surface area contributed by atoms with Gasteiger partial charge in [0.05, 0.1) is 18.8 Å². The number of carbonyl (C=O) groups excluding carboxylic acids is 1. The summed E-state index contributed by atoms with van der Waals surface area (Å²) in [6.45, 7) is 3.78. The predicted molar refractivity (Wildman–Crippen MR) is 148 cm³/mol. The first-order valence-electron chi connectivity index (χ1n) is 11.4. The van der Waals surface area contributed by atoms with Gasteiger partial charge in [-0.3, -0.25) is 4.79 Å². The summed E-state index contributed by atoms with van der Waals surface area (Å²) < 4.78 is 12.2. The number of hydrogen-bond acceptors (Lipinski definition) is 4. The fourth-order valence-corrected chi connectivity index (χ4v) is 4.37. The molecule has 4 aromatic rings. The minimum atomic E-state index is -0.270. The first-order valence-corrected chi connectivity index (χ1v) is 12.2. The Bertz CT molecular complexity index is 1510. The van der Waals surface area contributed by atoms with Crippen molar-refractivity contribution in [2.75, 3.05) is 19.0 Å². The Morgan fingerprint density at radius 3 is 2.56 bits per heavy atom. The topological polar surface area (TPSA) is 71.3 Å². The van der Waals surface area contributed by atoms with Crippen LogP contribution in [0.25, 0.3) is 22.4 Å². The van der Waals surface area contributed by atoms with Crippen LogP contribution < -0.4 is 14.8 Å². The molecule has 36 heavy (non-hydrogen) atoms. The molecule has 0 bridgehead atoms. The zero-order valence-electron chi connectivity index (χ0n) is 20.3. The van der Waals surface area contributed by atoms with Crippen molar-refractivity contribution in [1.29, 1.82) is 5.26 Å². The Labute approximate surface area is 219 Å². The number of allylic oxidation sites excluding steroid dienone is 1. The van der Waals surface area contributed by atoms with E-state index in [9.17, 15) is 10.1 Å². The number of halogens is 1. The van der Waals surface area contributed by atoms with Gasteiger partial charge in [-0.15, -0.1) is 0 Å². The lowest BCUT2D eigenvalue weighted by atomic mass is 9.97. The second kappa shape index (κ2) is 11.1. The van der Waals surface area contributed by atoms with Gasteiger partial charge in [0.1, 0.15) is 0 Å². The summed E-state index contributed by atoms with van der Waals surface area (Å²) >= 11 is 3.50. The lowest BCUT2D eigenvalue weighted by molar-refractivity contribution is -0.118. The van der Waals surface area contributed by atoms with Crippen molar-refractivity contribution in [1.82, 2.24) is 0 Å². The quantitative estimate of drug-likeness (QED) is 0.197. The van der Waals surface area contributed by atoms with E-state index in [2.05, 4.69) is 27.3 Å². The third kappa shape index (κ3) is 5.42. The van der Waals surface area contributed by atoms with Gasteiger partial charge in [-0.25, -0.2) is 0 Å². The monoisotopic (exact) mass is 540 g/mol. The highest BCUT2D eigenvalue weighted by Gasteiger charge is 2.12. The minimum absolute atomic E-state index is 0.167. The van der Waals surface area contributed by atoms with E-state index in [-0.39, 0.29) is 12.5 Å². The van der Waals surface area contributed by atoms with E-state index in [0.717, 1.165) is 43.2 Å².